The van der Waals surface area contributed by atoms with Gasteiger partial charge in [-0.05, 0) is 47.3 Å². The van der Waals surface area contributed by atoms with Crippen LogP contribution in [-0.4, -0.2) is 9.19 Å². The van der Waals surface area contributed by atoms with Crippen molar-refractivity contribution < 1.29 is 4.21 Å². The van der Waals surface area contributed by atoms with Crippen LogP contribution in [0.3, 0.4) is 0 Å². The van der Waals surface area contributed by atoms with Crippen molar-refractivity contribution in [2.75, 3.05) is 4.72 Å². The van der Waals surface area contributed by atoms with Crippen molar-refractivity contribution in [3.05, 3.63) is 57.7 Å². The minimum absolute atomic E-state index is 0.610. The van der Waals surface area contributed by atoms with E-state index in [0.717, 1.165) is 21.5 Å². The zero-order chi connectivity index (χ0) is 16.0. The zero-order valence-electron chi connectivity index (χ0n) is 11.9. The molecule has 4 rings (SSSR count). The van der Waals surface area contributed by atoms with Gasteiger partial charge in [-0.25, -0.2) is 0 Å². The van der Waals surface area contributed by atoms with E-state index in [-0.39, 0.29) is 0 Å². The third-order valence-corrected chi connectivity index (χ3v) is 6.52. The quantitative estimate of drug-likeness (QED) is 0.599. The first-order chi connectivity index (χ1) is 11.1. The number of nitrogens with one attached hydrogen (secondary N) is 2. The van der Waals surface area contributed by atoms with Gasteiger partial charge in [-0.15, -0.1) is 0 Å². The highest BCUT2D eigenvalue weighted by molar-refractivity contribution is 8.00. The second kappa shape index (κ2) is 6.06. The van der Waals surface area contributed by atoms with Crippen LogP contribution in [0.15, 0.2) is 41.4 Å². The van der Waals surface area contributed by atoms with Crippen LogP contribution in [-0.2, 0) is 22.3 Å². The Bertz CT molecular complexity index is 939. The van der Waals surface area contributed by atoms with Crippen LogP contribution < -0.4 is 4.72 Å². The Labute approximate surface area is 150 Å². The molecule has 0 fully saturated rings. The number of anilines is 1. The maximum Gasteiger partial charge on any atom is 0.0728 e. The first-order valence-corrected chi connectivity index (χ1v) is 10.0. The van der Waals surface area contributed by atoms with Crippen molar-refractivity contribution in [3.63, 3.8) is 0 Å². The number of benzene rings is 2. The van der Waals surface area contributed by atoms with Gasteiger partial charge in [-0.3, -0.25) is 4.21 Å². The predicted octanol–water partition coefficient (Wildman–Crippen LogP) is 5.36. The Morgan fingerprint density at radius 2 is 1.91 bits per heavy atom. The van der Waals surface area contributed by atoms with Gasteiger partial charge >= 0.3 is 0 Å². The summed E-state index contributed by atoms with van der Waals surface area (Å²) in [5, 5.41) is 2.06. The van der Waals surface area contributed by atoms with Gasteiger partial charge in [-0.2, -0.15) is 0 Å². The normalized spacial score (nSPS) is 16.7. The summed E-state index contributed by atoms with van der Waals surface area (Å²) in [5.41, 5.74) is 4.18. The number of hydrogen-bond acceptors (Lipinski definition) is 3. The molecule has 23 heavy (non-hydrogen) atoms. The molecule has 118 valence electrons. The van der Waals surface area contributed by atoms with Gasteiger partial charge in [0, 0.05) is 38.8 Å². The van der Waals surface area contributed by atoms with E-state index in [1.807, 2.05) is 18.2 Å². The maximum absolute atomic E-state index is 11.6. The monoisotopic (exact) mass is 382 g/mol. The van der Waals surface area contributed by atoms with Crippen LogP contribution in [0, 0.1) is 0 Å². The minimum atomic E-state index is -0.750. The van der Waals surface area contributed by atoms with E-state index in [2.05, 4.69) is 21.8 Å². The van der Waals surface area contributed by atoms with E-state index in [9.17, 15) is 4.21 Å². The van der Waals surface area contributed by atoms with Crippen LogP contribution in [0.1, 0.15) is 11.1 Å². The first kappa shape index (κ1) is 15.4. The highest BCUT2D eigenvalue weighted by atomic mass is 35.5. The minimum Gasteiger partial charge on any atom is -0.358 e. The van der Waals surface area contributed by atoms with Gasteiger partial charge < -0.3 is 9.71 Å². The Balaban J connectivity index is 1.59. The largest absolute Gasteiger partial charge is 0.358 e. The Morgan fingerprint density at radius 3 is 2.78 bits per heavy atom. The lowest BCUT2D eigenvalue weighted by Gasteiger charge is -2.09. The molecule has 2 N–H and O–H groups in total. The number of H-pyrrole nitrogens is 1. The highest BCUT2D eigenvalue weighted by Gasteiger charge is 2.17. The van der Waals surface area contributed by atoms with E-state index in [1.54, 1.807) is 6.20 Å². The summed E-state index contributed by atoms with van der Waals surface area (Å²) in [6.07, 6.45) is 1.73. The SMILES string of the molecule is O=S1Cc2ccc(SNc3ccc(Cl)c4c(Cl)c[nH]c34)cc2C1. The van der Waals surface area contributed by atoms with Crippen molar-refractivity contribution in [1.82, 2.24) is 4.98 Å². The number of aromatic amines is 1. The number of hydrogen-bond donors (Lipinski definition) is 2. The molecule has 1 aromatic heterocycles. The summed E-state index contributed by atoms with van der Waals surface area (Å²) in [7, 11) is -0.750. The molecule has 1 unspecified atom stereocenters. The molecule has 0 saturated heterocycles. The van der Waals surface area contributed by atoms with Crippen LogP contribution in [0.25, 0.3) is 10.9 Å². The van der Waals surface area contributed by atoms with Gasteiger partial charge in [0.25, 0.3) is 0 Å². The Hall–Kier alpha value is -1.14. The summed E-state index contributed by atoms with van der Waals surface area (Å²) in [4.78, 5) is 4.24. The first-order valence-electron chi connectivity index (χ1n) is 6.96. The average molecular weight is 383 g/mol. The number of fused-ring (bicyclic) bond motifs is 2. The molecule has 0 aliphatic carbocycles. The Morgan fingerprint density at radius 1 is 1.09 bits per heavy atom. The molecule has 0 spiro atoms. The Kier molecular flexibility index (Phi) is 4.05. The molecule has 0 saturated carbocycles. The summed E-state index contributed by atoms with van der Waals surface area (Å²) >= 11 is 13.9. The highest BCUT2D eigenvalue weighted by Crippen LogP contribution is 2.36. The molecule has 3 nitrogen and oxygen atoms in total. The van der Waals surface area contributed by atoms with Crippen molar-refractivity contribution in [2.45, 2.75) is 16.4 Å². The summed E-state index contributed by atoms with van der Waals surface area (Å²) in [5.74, 6) is 1.33. The lowest BCUT2D eigenvalue weighted by Crippen LogP contribution is -1.90. The molecular weight excluding hydrogens is 371 g/mol. The van der Waals surface area contributed by atoms with Gasteiger partial charge in [0.1, 0.15) is 0 Å². The summed E-state index contributed by atoms with van der Waals surface area (Å²) < 4.78 is 15.0. The number of rotatable bonds is 3. The molecule has 1 atom stereocenters. The standard InChI is InChI=1S/C16H12Cl2N2OS2/c17-12-3-4-14(16-15(12)13(18)6-19-16)20-22-11-2-1-9-7-23(21)8-10(9)5-11/h1-6,19-20H,7-8H2. The average Bonchev–Trinajstić information content (AvgIpc) is 3.09. The zero-order valence-corrected chi connectivity index (χ0v) is 15.0. The van der Waals surface area contributed by atoms with Crippen molar-refractivity contribution in [3.8, 4) is 0 Å². The third kappa shape index (κ3) is 2.87. The second-order valence-corrected chi connectivity index (χ2v) is 8.50. The summed E-state index contributed by atoms with van der Waals surface area (Å²) in [6.45, 7) is 0. The molecule has 2 heterocycles. The third-order valence-electron chi connectivity index (χ3n) is 3.83. The summed E-state index contributed by atoms with van der Waals surface area (Å²) in [6, 6.07) is 9.97. The maximum atomic E-state index is 11.6. The van der Waals surface area contributed by atoms with Gasteiger partial charge in [0.2, 0.25) is 0 Å². The lowest BCUT2D eigenvalue weighted by molar-refractivity contribution is 0.684. The fourth-order valence-electron chi connectivity index (χ4n) is 2.71. The van der Waals surface area contributed by atoms with Crippen LogP contribution in [0.5, 0.6) is 0 Å². The van der Waals surface area contributed by atoms with Crippen LogP contribution in [0.2, 0.25) is 10.0 Å². The second-order valence-electron chi connectivity index (χ2n) is 5.34. The van der Waals surface area contributed by atoms with Crippen molar-refractivity contribution in [1.29, 1.82) is 0 Å². The van der Waals surface area contributed by atoms with Crippen molar-refractivity contribution >= 4 is 62.5 Å². The number of aromatic nitrogens is 1. The van der Waals surface area contributed by atoms with Gasteiger partial charge in [0.05, 0.1) is 21.2 Å². The number of halogens is 2. The molecule has 0 amide bonds. The van der Waals surface area contributed by atoms with E-state index < -0.39 is 10.8 Å². The van der Waals surface area contributed by atoms with E-state index >= 15 is 0 Å². The molecule has 2 aromatic carbocycles. The topological polar surface area (TPSA) is 44.9 Å². The smallest absolute Gasteiger partial charge is 0.0728 e. The fraction of sp³-hybridized carbons (Fsp3) is 0.125. The van der Waals surface area contributed by atoms with Crippen LogP contribution in [0.4, 0.5) is 5.69 Å². The molecule has 3 aromatic rings. The molecule has 0 bridgehead atoms. The predicted molar refractivity (Wildman–Crippen MR) is 99.8 cm³/mol. The van der Waals surface area contributed by atoms with E-state index in [0.29, 0.717) is 21.6 Å². The fourth-order valence-corrected chi connectivity index (χ4v) is 5.35. The lowest BCUT2D eigenvalue weighted by atomic mass is 10.1. The molecule has 7 heteroatoms. The molecule has 1 aliphatic heterocycles. The van der Waals surface area contributed by atoms with E-state index in [1.165, 1.54) is 23.1 Å². The van der Waals surface area contributed by atoms with Crippen molar-refractivity contribution in [2.24, 2.45) is 0 Å². The van der Waals surface area contributed by atoms with E-state index in [4.69, 9.17) is 23.2 Å². The van der Waals surface area contributed by atoms with Gasteiger partial charge in [0.15, 0.2) is 0 Å². The molecule has 0 radical (unpaired) electrons. The molecule has 1 aliphatic rings. The molecular formula is C16H12Cl2N2OS2. The van der Waals surface area contributed by atoms with Crippen LogP contribution >= 0.6 is 35.1 Å². The van der Waals surface area contributed by atoms with Gasteiger partial charge in [-0.1, -0.05) is 29.3 Å².